The van der Waals surface area contributed by atoms with Crippen molar-refractivity contribution in [3.8, 4) is 0 Å². The van der Waals surface area contributed by atoms with Crippen molar-refractivity contribution < 1.29 is 22.7 Å². The van der Waals surface area contributed by atoms with E-state index in [9.17, 15) is 13.2 Å². The van der Waals surface area contributed by atoms with Gasteiger partial charge >= 0.3 is 6.09 Å². The molecule has 29 heavy (non-hydrogen) atoms. The fraction of sp³-hybridized carbons (Fsp3) is 0.889. The second-order valence-electron chi connectivity index (χ2n) is 7.26. The quantitative estimate of drug-likeness (QED) is 0.371. The van der Waals surface area contributed by atoms with E-state index in [1.54, 1.807) is 18.9 Å². The molecule has 11 heteroatoms. The molecule has 0 saturated carbocycles. The molecule has 0 spiro atoms. The predicted molar refractivity (Wildman–Crippen MR) is 111 cm³/mol. The Bertz CT molecular complexity index is 629. The Hall–Kier alpha value is -1.59. The molecule has 1 atom stereocenters. The van der Waals surface area contributed by atoms with Crippen molar-refractivity contribution in [2.75, 3.05) is 52.2 Å². The fourth-order valence-corrected chi connectivity index (χ4v) is 4.33. The molecule has 1 unspecified atom stereocenters. The number of piperidine rings is 1. The summed E-state index contributed by atoms with van der Waals surface area (Å²) in [4.78, 5) is 17.6. The van der Waals surface area contributed by atoms with Gasteiger partial charge in [0.05, 0.1) is 18.5 Å². The maximum Gasteiger partial charge on any atom is 0.409 e. The third-order valence-corrected chi connectivity index (χ3v) is 6.40. The highest BCUT2D eigenvalue weighted by Gasteiger charge is 2.24. The van der Waals surface area contributed by atoms with Crippen LogP contribution in [0.15, 0.2) is 4.99 Å². The fourth-order valence-electron chi connectivity index (χ4n) is 3.37. The molecule has 1 amide bonds. The van der Waals surface area contributed by atoms with Gasteiger partial charge in [0.2, 0.25) is 10.0 Å². The second kappa shape index (κ2) is 12.2. The van der Waals surface area contributed by atoms with Crippen LogP contribution in [0, 0.1) is 0 Å². The maximum atomic E-state index is 12.2. The Morgan fingerprint density at radius 2 is 2.00 bits per heavy atom. The summed E-state index contributed by atoms with van der Waals surface area (Å²) in [5.41, 5.74) is 0. The highest BCUT2D eigenvalue weighted by molar-refractivity contribution is 7.89. The number of rotatable bonds is 8. The predicted octanol–water partition coefficient (Wildman–Crippen LogP) is 0.261. The number of nitrogens with one attached hydrogen (secondary N) is 3. The van der Waals surface area contributed by atoms with Gasteiger partial charge in [-0.15, -0.1) is 0 Å². The van der Waals surface area contributed by atoms with Crippen molar-refractivity contribution >= 4 is 22.1 Å². The van der Waals surface area contributed by atoms with Gasteiger partial charge in [0.25, 0.3) is 0 Å². The summed E-state index contributed by atoms with van der Waals surface area (Å²) in [7, 11) is -1.72. The van der Waals surface area contributed by atoms with Crippen molar-refractivity contribution in [3.63, 3.8) is 0 Å². The standard InChI is InChI=1S/C18H35N5O5S/c1-3-27-18(24)23-10-7-15(8-11-23)22-17(19-2)20-9-13-29(25,26)21-14-16-6-4-5-12-28-16/h15-16,21H,3-14H2,1-2H3,(H2,19,20,22). The van der Waals surface area contributed by atoms with Crippen molar-refractivity contribution in [1.29, 1.82) is 0 Å². The van der Waals surface area contributed by atoms with Gasteiger partial charge in [0, 0.05) is 45.9 Å². The number of guanidine groups is 1. The summed E-state index contributed by atoms with van der Waals surface area (Å²) in [6.45, 7) is 4.69. The lowest BCUT2D eigenvalue weighted by Gasteiger charge is -2.32. The SMILES string of the molecule is CCOC(=O)N1CCC(NC(=NC)NCCS(=O)(=O)NCC2CCCCO2)CC1. The van der Waals surface area contributed by atoms with Crippen LogP contribution in [-0.4, -0.2) is 89.7 Å². The van der Waals surface area contributed by atoms with Crippen LogP contribution in [0.3, 0.4) is 0 Å². The number of hydrogen-bond acceptors (Lipinski definition) is 6. The molecule has 2 fully saturated rings. The lowest BCUT2D eigenvalue weighted by Crippen LogP contribution is -2.50. The molecule has 3 N–H and O–H groups in total. The molecular formula is C18H35N5O5S. The smallest absolute Gasteiger partial charge is 0.409 e. The molecule has 168 valence electrons. The second-order valence-corrected chi connectivity index (χ2v) is 9.19. The van der Waals surface area contributed by atoms with Gasteiger partial charge in [0.1, 0.15) is 0 Å². The highest BCUT2D eigenvalue weighted by atomic mass is 32.2. The van der Waals surface area contributed by atoms with E-state index in [2.05, 4.69) is 20.3 Å². The van der Waals surface area contributed by atoms with Crippen LogP contribution in [0.2, 0.25) is 0 Å². The normalized spacial score (nSPS) is 21.7. The summed E-state index contributed by atoms with van der Waals surface area (Å²) < 4.78 is 37.5. The Balaban J connectivity index is 1.65. The molecule has 0 aliphatic carbocycles. The minimum Gasteiger partial charge on any atom is -0.450 e. The molecule has 2 rings (SSSR count). The third-order valence-electron chi connectivity index (χ3n) is 5.05. The van der Waals surface area contributed by atoms with E-state index in [1.807, 2.05) is 0 Å². The van der Waals surface area contributed by atoms with E-state index >= 15 is 0 Å². The Morgan fingerprint density at radius 1 is 1.24 bits per heavy atom. The Morgan fingerprint density at radius 3 is 2.62 bits per heavy atom. The van der Waals surface area contributed by atoms with E-state index in [0.717, 1.165) is 32.1 Å². The van der Waals surface area contributed by atoms with Crippen molar-refractivity contribution in [2.24, 2.45) is 4.99 Å². The summed E-state index contributed by atoms with van der Waals surface area (Å²) in [5, 5.41) is 6.34. The molecular weight excluding hydrogens is 398 g/mol. The molecule has 0 aromatic rings. The van der Waals surface area contributed by atoms with Crippen LogP contribution in [0.5, 0.6) is 0 Å². The number of aliphatic imine (C=N–C) groups is 1. The number of likely N-dealkylation sites (tertiary alicyclic amines) is 1. The first kappa shape index (κ1) is 23.7. The average molecular weight is 434 g/mol. The number of sulfonamides is 1. The van der Waals surface area contributed by atoms with Crippen LogP contribution < -0.4 is 15.4 Å². The molecule has 2 aliphatic rings. The van der Waals surface area contributed by atoms with Gasteiger partial charge < -0.3 is 25.0 Å². The van der Waals surface area contributed by atoms with Gasteiger partial charge in [-0.2, -0.15) is 0 Å². The zero-order chi connectivity index (χ0) is 21.1. The molecule has 0 radical (unpaired) electrons. The summed E-state index contributed by atoms with van der Waals surface area (Å²) in [6, 6.07) is 0.171. The molecule has 2 heterocycles. The lowest BCUT2D eigenvalue weighted by atomic mass is 10.1. The number of carbonyl (C=O) groups is 1. The molecule has 2 aliphatic heterocycles. The maximum absolute atomic E-state index is 12.2. The van der Waals surface area contributed by atoms with Gasteiger partial charge in [-0.05, 0) is 39.0 Å². The topological polar surface area (TPSA) is 121 Å². The average Bonchev–Trinajstić information content (AvgIpc) is 2.73. The molecule has 2 saturated heterocycles. The molecule has 10 nitrogen and oxygen atoms in total. The van der Waals surface area contributed by atoms with Gasteiger partial charge in [0.15, 0.2) is 5.96 Å². The van der Waals surface area contributed by atoms with Crippen molar-refractivity contribution in [2.45, 2.75) is 51.2 Å². The lowest BCUT2D eigenvalue weighted by molar-refractivity contribution is 0.0200. The Kier molecular flexibility index (Phi) is 9.95. The summed E-state index contributed by atoms with van der Waals surface area (Å²) in [6.07, 6.45) is 4.27. The molecule has 0 bridgehead atoms. The zero-order valence-corrected chi connectivity index (χ0v) is 18.3. The number of nitrogens with zero attached hydrogens (tertiary/aromatic N) is 2. The van der Waals surface area contributed by atoms with Crippen LogP contribution in [0.4, 0.5) is 4.79 Å². The largest absolute Gasteiger partial charge is 0.450 e. The first-order valence-corrected chi connectivity index (χ1v) is 12.1. The van der Waals surface area contributed by atoms with Crippen molar-refractivity contribution in [3.05, 3.63) is 0 Å². The van der Waals surface area contributed by atoms with Gasteiger partial charge in [-0.1, -0.05) is 0 Å². The molecule has 0 aromatic heterocycles. The molecule has 0 aromatic carbocycles. The number of ether oxygens (including phenoxy) is 2. The summed E-state index contributed by atoms with van der Waals surface area (Å²) >= 11 is 0. The van der Waals surface area contributed by atoms with Crippen LogP contribution >= 0.6 is 0 Å². The monoisotopic (exact) mass is 433 g/mol. The van der Waals surface area contributed by atoms with E-state index in [0.29, 0.717) is 38.8 Å². The zero-order valence-electron chi connectivity index (χ0n) is 17.5. The van der Waals surface area contributed by atoms with E-state index in [1.165, 1.54) is 0 Å². The number of hydrogen-bond donors (Lipinski definition) is 3. The number of amides is 1. The third kappa shape index (κ3) is 8.75. The summed E-state index contributed by atoms with van der Waals surface area (Å²) in [5.74, 6) is 0.521. The van der Waals surface area contributed by atoms with Crippen molar-refractivity contribution in [1.82, 2.24) is 20.3 Å². The number of carbonyl (C=O) groups excluding carboxylic acids is 1. The van der Waals surface area contributed by atoms with Crippen LogP contribution in [0.25, 0.3) is 0 Å². The van der Waals surface area contributed by atoms with Gasteiger partial charge in [-0.25, -0.2) is 17.9 Å². The van der Waals surface area contributed by atoms with Crippen LogP contribution in [-0.2, 0) is 19.5 Å². The minimum absolute atomic E-state index is 0.0265. The first-order chi connectivity index (χ1) is 13.9. The highest BCUT2D eigenvalue weighted by Crippen LogP contribution is 2.12. The van der Waals surface area contributed by atoms with Gasteiger partial charge in [-0.3, -0.25) is 4.99 Å². The minimum atomic E-state index is -3.37. The Labute approximate surface area is 173 Å². The van der Waals surface area contributed by atoms with Crippen LogP contribution in [0.1, 0.15) is 39.0 Å². The van der Waals surface area contributed by atoms with E-state index < -0.39 is 10.0 Å². The van der Waals surface area contributed by atoms with E-state index in [4.69, 9.17) is 9.47 Å². The first-order valence-electron chi connectivity index (χ1n) is 10.4. The van der Waals surface area contributed by atoms with E-state index in [-0.39, 0.29) is 30.5 Å².